The van der Waals surface area contributed by atoms with E-state index < -0.39 is 0 Å². The lowest BCUT2D eigenvalue weighted by molar-refractivity contribution is -0.106. The van der Waals surface area contributed by atoms with Crippen molar-refractivity contribution < 1.29 is 14.7 Å². The van der Waals surface area contributed by atoms with Gasteiger partial charge in [0.2, 0.25) is 0 Å². The largest absolute Gasteiger partial charge is 0.400 e. The zero-order valence-electron chi connectivity index (χ0n) is 21.8. The third kappa shape index (κ3) is 58.4. The fraction of sp³-hybridized carbons (Fsp3) is 0.692. The van der Waals surface area contributed by atoms with Crippen LogP contribution < -0.4 is 0 Å². The van der Waals surface area contributed by atoms with E-state index >= 15 is 0 Å². The standard InChI is InChI=1S/C8H10.2C6H14.C2H4O.C2H6.CH4O.CH2O/c1-7-3-5-8(2)6-4-7;2*1-4-6(3)5-2;1-2-3;3*1-2/h3-6H,1-2H3;2*6H,4-5H2,1-3H3;2H,1H3;1-2H3;2H,1H3;1H2. The molecule has 1 aromatic carbocycles. The molecule has 1 aromatic rings. The van der Waals surface area contributed by atoms with Gasteiger partial charge in [-0.2, -0.15) is 0 Å². The van der Waals surface area contributed by atoms with Crippen molar-refractivity contribution in [2.75, 3.05) is 7.11 Å². The van der Waals surface area contributed by atoms with Crippen molar-refractivity contribution in [1.82, 2.24) is 0 Å². The van der Waals surface area contributed by atoms with Crippen LogP contribution in [0.2, 0.25) is 0 Å². The zero-order valence-corrected chi connectivity index (χ0v) is 21.8. The van der Waals surface area contributed by atoms with Gasteiger partial charge in [0.1, 0.15) is 13.1 Å². The van der Waals surface area contributed by atoms with Gasteiger partial charge in [0.25, 0.3) is 0 Å². The monoisotopic (exact) mass is 414 g/mol. The summed E-state index contributed by atoms with van der Waals surface area (Å²) in [6.45, 7) is 25.1. The number of aliphatic hydroxyl groups excluding tert-OH is 1. The minimum Gasteiger partial charge on any atom is -0.400 e. The molecule has 0 spiro atoms. The molecule has 0 saturated heterocycles. The molecule has 29 heavy (non-hydrogen) atoms. The molecule has 1 N–H and O–H groups in total. The van der Waals surface area contributed by atoms with Gasteiger partial charge in [0.05, 0.1) is 0 Å². The quantitative estimate of drug-likeness (QED) is 0.510. The molecule has 3 heteroatoms. The molecule has 0 saturated carbocycles. The first-order chi connectivity index (χ1) is 13.8. The maximum atomic E-state index is 8.81. The Morgan fingerprint density at radius 1 is 0.759 bits per heavy atom. The molecule has 0 aliphatic carbocycles. The van der Waals surface area contributed by atoms with Gasteiger partial charge in [-0.05, 0) is 32.6 Å². The van der Waals surface area contributed by atoms with Gasteiger partial charge in [-0.15, -0.1) is 0 Å². The summed E-state index contributed by atoms with van der Waals surface area (Å²) in [5, 5.41) is 7.00. The fourth-order valence-corrected chi connectivity index (χ4v) is 1.21. The van der Waals surface area contributed by atoms with Crippen molar-refractivity contribution in [3.8, 4) is 0 Å². The number of aldehydes is 1. The number of aryl methyl sites for hydroxylation is 2. The van der Waals surface area contributed by atoms with Crippen molar-refractivity contribution in [1.29, 1.82) is 0 Å². The number of hydrogen-bond acceptors (Lipinski definition) is 3. The number of carbonyl (C=O) groups is 2. The van der Waals surface area contributed by atoms with Gasteiger partial charge in [-0.3, -0.25) is 0 Å². The first-order valence-corrected chi connectivity index (χ1v) is 11.0. The van der Waals surface area contributed by atoms with E-state index in [4.69, 9.17) is 14.7 Å². The number of benzene rings is 1. The first-order valence-electron chi connectivity index (χ1n) is 11.0. The number of aliphatic hydroxyl groups is 1. The topological polar surface area (TPSA) is 54.4 Å². The lowest BCUT2D eigenvalue weighted by Crippen LogP contribution is -1.85. The SMILES string of the molecule is C=O.CC.CC=O.CCC(C)CC.CCC(C)CC.CO.Cc1ccc(C)cc1. The summed E-state index contributed by atoms with van der Waals surface area (Å²) in [6.07, 6.45) is 6.07. The van der Waals surface area contributed by atoms with Gasteiger partial charge in [-0.25, -0.2) is 0 Å². The van der Waals surface area contributed by atoms with Crippen LogP contribution in [0.5, 0.6) is 0 Å². The van der Waals surface area contributed by atoms with Gasteiger partial charge < -0.3 is 14.7 Å². The van der Waals surface area contributed by atoms with E-state index in [-0.39, 0.29) is 0 Å². The maximum absolute atomic E-state index is 8.81. The summed E-state index contributed by atoms with van der Waals surface area (Å²) in [5.74, 6) is 1.87. The molecular formula is C26H54O3. The molecule has 0 fully saturated rings. The molecule has 0 aliphatic rings. The van der Waals surface area contributed by atoms with Crippen molar-refractivity contribution in [3.05, 3.63) is 35.4 Å². The molecule has 0 radical (unpaired) electrons. The Kier molecular flexibility index (Phi) is 65.3. The maximum Gasteiger partial charge on any atom is 0.116 e. The van der Waals surface area contributed by atoms with Crippen LogP contribution in [0.15, 0.2) is 24.3 Å². The van der Waals surface area contributed by atoms with E-state index in [0.29, 0.717) is 0 Å². The second kappa shape index (κ2) is 45.3. The molecule has 0 aromatic heterocycles. The number of hydrogen-bond donors (Lipinski definition) is 1. The lowest BCUT2D eigenvalue weighted by Gasteiger charge is -1.98. The van der Waals surface area contributed by atoms with Crippen LogP contribution in [0.25, 0.3) is 0 Å². The third-order valence-corrected chi connectivity index (χ3v) is 4.01. The molecule has 0 bridgehead atoms. The predicted molar refractivity (Wildman–Crippen MR) is 134 cm³/mol. The van der Waals surface area contributed by atoms with Crippen LogP contribution in [0, 0.1) is 25.7 Å². The Hall–Kier alpha value is -1.48. The number of carbonyl (C=O) groups excluding carboxylic acids is 2. The first kappa shape index (κ1) is 41.8. The highest BCUT2D eigenvalue weighted by Crippen LogP contribution is 2.03. The highest BCUT2D eigenvalue weighted by molar-refractivity contribution is 5.44. The Labute approximate surface area is 184 Å². The summed E-state index contributed by atoms with van der Waals surface area (Å²) in [6, 6.07) is 8.48. The summed E-state index contributed by atoms with van der Waals surface area (Å²) >= 11 is 0. The lowest BCUT2D eigenvalue weighted by atomic mass is 10.1. The summed E-state index contributed by atoms with van der Waals surface area (Å²) < 4.78 is 0. The van der Waals surface area contributed by atoms with Gasteiger partial charge >= 0.3 is 0 Å². The summed E-state index contributed by atoms with van der Waals surface area (Å²) in [4.78, 5) is 16.8. The van der Waals surface area contributed by atoms with Gasteiger partial charge in [0, 0.05) is 7.11 Å². The van der Waals surface area contributed by atoms with Gasteiger partial charge in [0.15, 0.2) is 0 Å². The molecule has 0 unspecified atom stereocenters. The predicted octanol–water partition coefficient (Wildman–Crippen LogP) is 7.84. The van der Waals surface area contributed by atoms with Crippen LogP contribution in [-0.4, -0.2) is 25.3 Å². The fourth-order valence-electron chi connectivity index (χ4n) is 1.21. The van der Waals surface area contributed by atoms with Crippen LogP contribution in [0.4, 0.5) is 0 Å². The Morgan fingerprint density at radius 3 is 0.966 bits per heavy atom. The van der Waals surface area contributed by atoms with Crippen molar-refractivity contribution in [2.24, 2.45) is 11.8 Å². The Bertz CT molecular complexity index is 308. The van der Waals surface area contributed by atoms with Crippen molar-refractivity contribution in [3.63, 3.8) is 0 Å². The van der Waals surface area contributed by atoms with E-state index in [2.05, 4.69) is 79.7 Å². The molecular weight excluding hydrogens is 360 g/mol. The average molecular weight is 415 g/mol. The second-order valence-corrected chi connectivity index (χ2v) is 6.23. The highest BCUT2D eigenvalue weighted by Gasteiger charge is 1.89. The molecule has 1 rings (SSSR count). The highest BCUT2D eigenvalue weighted by atomic mass is 16.2. The van der Waals surface area contributed by atoms with Crippen molar-refractivity contribution >= 4 is 13.1 Å². The normalized spacial score (nSPS) is 7.69. The second-order valence-electron chi connectivity index (χ2n) is 6.23. The minimum atomic E-state index is 0.750. The number of rotatable bonds is 4. The zero-order chi connectivity index (χ0) is 24.7. The van der Waals surface area contributed by atoms with Crippen molar-refractivity contribution in [2.45, 2.75) is 102 Å². The molecule has 0 amide bonds. The third-order valence-electron chi connectivity index (χ3n) is 4.01. The van der Waals surface area contributed by atoms with E-state index in [9.17, 15) is 0 Å². The Balaban J connectivity index is -0.0000000577. The molecule has 3 nitrogen and oxygen atoms in total. The molecule has 0 atom stereocenters. The van der Waals surface area contributed by atoms with Crippen LogP contribution in [-0.2, 0) is 9.59 Å². The van der Waals surface area contributed by atoms with E-state index in [1.54, 1.807) is 0 Å². The van der Waals surface area contributed by atoms with E-state index in [0.717, 1.165) is 25.2 Å². The molecule has 176 valence electrons. The van der Waals surface area contributed by atoms with E-state index in [1.165, 1.54) is 43.7 Å². The van der Waals surface area contributed by atoms with Crippen LogP contribution in [0.1, 0.15) is 99.1 Å². The van der Waals surface area contributed by atoms with Crippen LogP contribution in [0.3, 0.4) is 0 Å². The molecule has 0 heterocycles. The molecule has 0 aliphatic heterocycles. The van der Waals surface area contributed by atoms with Crippen LogP contribution >= 0.6 is 0 Å². The smallest absolute Gasteiger partial charge is 0.116 e. The Morgan fingerprint density at radius 2 is 0.897 bits per heavy atom. The summed E-state index contributed by atoms with van der Waals surface area (Å²) in [7, 11) is 1.00. The summed E-state index contributed by atoms with van der Waals surface area (Å²) in [5.41, 5.74) is 2.66. The van der Waals surface area contributed by atoms with E-state index in [1.807, 2.05) is 20.6 Å². The van der Waals surface area contributed by atoms with Gasteiger partial charge in [-0.1, -0.05) is 116 Å². The minimum absolute atomic E-state index is 0.750. The average Bonchev–Trinajstić information content (AvgIpc) is 2.80.